The van der Waals surface area contributed by atoms with E-state index in [-0.39, 0.29) is 23.2 Å². The topological polar surface area (TPSA) is 117 Å². The van der Waals surface area contributed by atoms with E-state index >= 15 is 4.39 Å². The van der Waals surface area contributed by atoms with Crippen LogP contribution in [0.4, 0.5) is 35.2 Å². The van der Waals surface area contributed by atoms with E-state index < -0.39 is 23.5 Å². The summed E-state index contributed by atoms with van der Waals surface area (Å²) < 4.78 is 44.1. The molecule has 220 valence electrons. The highest BCUT2D eigenvalue weighted by atomic mass is 19.1. The molecule has 1 aliphatic carbocycles. The van der Waals surface area contributed by atoms with Gasteiger partial charge in [0.05, 0.1) is 22.8 Å². The number of carbonyl (C=O) groups excluding carboxylic acids is 1. The number of rotatable bonds is 5. The summed E-state index contributed by atoms with van der Waals surface area (Å²) in [6.45, 7) is 4.36. The molecule has 2 amide bonds. The van der Waals surface area contributed by atoms with Crippen molar-refractivity contribution in [3.8, 4) is 11.3 Å². The fourth-order valence-corrected chi connectivity index (χ4v) is 5.94. The Balaban J connectivity index is 1.21. The van der Waals surface area contributed by atoms with E-state index in [1.807, 2.05) is 4.68 Å². The van der Waals surface area contributed by atoms with Gasteiger partial charge in [0.25, 0.3) is 0 Å². The average Bonchev–Trinajstić information content (AvgIpc) is 3.37. The predicted octanol–water partition coefficient (Wildman–Crippen LogP) is 4.87. The van der Waals surface area contributed by atoms with Gasteiger partial charge in [-0.3, -0.25) is 4.90 Å². The van der Waals surface area contributed by atoms with E-state index in [0.29, 0.717) is 34.4 Å². The minimum Gasteiger partial charge on any atom is -0.383 e. The third-order valence-electron chi connectivity index (χ3n) is 8.25. The number of likely N-dealkylation sites (N-methyl/N-ethyl adjacent to an activating group) is 1. The van der Waals surface area contributed by atoms with Gasteiger partial charge >= 0.3 is 6.03 Å². The standard InChI is InChI=1S/C29H32F3N9O/c1-39-10-12-40(13-11-39)19-4-6-20(7-5-19)41-28-25(27(33)34-16-35-28)26(38-41)17-2-8-23(21(31)14-17)36-29(42)37-24-9-3-18(30)15-22(24)32/h2-3,8-9,14-16,19-20H,4-7,10-13H2,1H3,(H2,33,34,35)(H2,36,37,42)/t19-,20+. The maximum atomic E-state index is 15.2. The molecule has 4 N–H and O–H groups in total. The van der Waals surface area contributed by atoms with Crippen molar-refractivity contribution in [2.45, 2.75) is 37.8 Å². The Labute approximate surface area is 240 Å². The Kier molecular flexibility index (Phi) is 7.69. The molecule has 3 heterocycles. The van der Waals surface area contributed by atoms with E-state index in [1.165, 1.54) is 18.5 Å². The van der Waals surface area contributed by atoms with Crippen molar-refractivity contribution in [2.75, 3.05) is 49.6 Å². The molecule has 1 aliphatic heterocycles. The number of fused-ring (bicyclic) bond motifs is 1. The summed E-state index contributed by atoms with van der Waals surface area (Å²) >= 11 is 0. The highest BCUT2D eigenvalue weighted by Gasteiger charge is 2.31. The lowest BCUT2D eigenvalue weighted by Crippen LogP contribution is -2.49. The molecule has 1 saturated carbocycles. The second kappa shape index (κ2) is 11.6. The normalized spacial score (nSPS) is 20.1. The first-order valence-corrected chi connectivity index (χ1v) is 14.0. The Bertz CT molecular complexity index is 1610. The fraction of sp³-hybridized carbons (Fsp3) is 0.379. The highest BCUT2D eigenvalue weighted by Crippen LogP contribution is 2.37. The SMILES string of the molecule is CN1CCN([C@H]2CC[C@@H](n3nc(-c4ccc(NC(=O)Nc5ccc(F)cc5F)c(F)c4)c4c(N)ncnc43)CC2)CC1. The van der Waals surface area contributed by atoms with Gasteiger partial charge in [0.2, 0.25) is 0 Å². The lowest BCUT2D eigenvalue weighted by Gasteiger charge is -2.41. The summed E-state index contributed by atoms with van der Waals surface area (Å²) in [4.78, 5) is 26.0. The van der Waals surface area contributed by atoms with Gasteiger partial charge < -0.3 is 21.3 Å². The third-order valence-corrected chi connectivity index (χ3v) is 8.25. The van der Waals surface area contributed by atoms with Gasteiger partial charge in [0, 0.05) is 43.9 Å². The molecule has 10 nitrogen and oxygen atoms in total. The summed E-state index contributed by atoms with van der Waals surface area (Å²) in [7, 11) is 2.16. The molecule has 2 aromatic heterocycles. The molecule has 2 aliphatic rings. The summed E-state index contributed by atoms with van der Waals surface area (Å²) in [6.07, 6.45) is 5.41. The maximum absolute atomic E-state index is 15.2. The highest BCUT2D eigenvalue weighted by molar-refractivity contribution is 6.01. The molecule has 1 saturated heterocycles. The summed E-state index contributed by atoms with van der Waals surface area (Å²) in [5.41, 5.74) is 7.39. The molecule has 0 unspecified atom stereocenters. The van der Waals surface area contributed by atoms with E-state index in [2.05, 4.69) is 37.4 Å². The molecule has 0 radical (unpaired) electrons. The number of hydrogen-bond acceptors (Lipinski definition) is 7. The molecule has 6 rings (SSSR count). The summed E-state index contributed by atoms with van der Waals surface area (Å²) in [6, 6.07) is 6.77. The van der Waals surface area contributed by atoms with Crippen LogP contribution in [-0.4, -0.2) is 74.8 Å². The summed E-state index contributed by atoms with van der Waals surface area (Å²) in [5.74, 6) is -2.21. The van der Waals surface area contributed by atoms with E-state index in [0.717, 1.165) is 64.0 Å². The molecule has 42 heavy (non-hydrogen) atoms. The van der Waals surface area contributed by atoms with Crippen molar-refractivity contribution in [3.63, 3.8) is 0 Å². The number of urea groups is 1. The van der Waals surface area contributed by atoms with E-state index in [4.69, 9.17) is 10.8 Å². The van der Waals surface area contributed by atoms with Crippen molar-refractivity contribution in [3.05, 3.63) is 60.2 Å². The molecular formula is C29H32F3N9O. The molecule has 0 atom stereocenters. The number of halogens is 3. The molecule has 0 bridgehead atoms. The third kappa shape index (κ3) is 5.61. The van der Waals surface area contributed by atoms with Crippen molar-refractivity contribution < 1.29 is 18.0 Å². The minimum atomic E-state index is -0.948. The quantitative estimate of drug-likeness (QED) is 0.309. The number of anilines is 3. The van der Waals surface area contributed by atoms with Crippen molar-refractivity contribution >= 4 is 34.3 Å². The number of aromatic nitrogens is 4. The van der Waals surface area contributed by atoms with Gasteiger partial charge in [0.15, 0.2) is 5.65 Å². The van der Waals surface area contributed by atoms with Crippen LogP contribution in [0.3, 0.4) is 0 Å². The second-order valence-electron chi connectivity index (χ2n) is 11.0. The van der Waals surface area contributed by atoms with Crippen molar-refractivity contribution in [1.82, 2.24) is 29.5 Å². The van der Waals surface area contributed by atoms with E-state index in [1.54, 1.807) is 6.07 Å². The van der Waals surface area contributed by atoms with E-state index in [9.17, 15) is 13.6 Å². The minimum absolute atomic E-state index is 0.126. The predicted molar refractivity (Wildman–Crippen MR) is 154 cm³/mol. The maximum Gasteiger partial charge on any atom is 0.323 e. The van der Waals surface area contributed by atoms with Crippen LogP contribution in [-0.2, 0) is 0 Å². The first-order chi connectivity index (χ1) is 20.3. The van der Waals surface area contributed by atoms with Gasteiger partial charge in [-0.05, 0) is 57.0 Å². The number of nitrogen functional groups attached to an aromatic ring is 1. The fourth-order valence-electron chi connectivity index (χ4n) is 5.94. The number of benzene rings is 2. The zero-order valence-corrected chi connectivity index (χ0v) is 23.2. The number of amides is 2. The van der Waals surface area contributed by atoms with Crippen LogP contribution in [0.15, 0.2) is 42.7 Å². The molecular weight excluding hydrogens is 547 g/mol. The number of carbonyl (C=O) groups is 1. The molecule has 0 spiro atoms. The largest absolute Gasteiger partial charge is 0.383 e. The Morgan fingerprint density at radius 2 is 1.52 bits per heavy atom. The number of piperazine rings is 1. The number of hydrogen-bond donors (Lipinski definition) is 3. The summed E-state index contributed by atoms with van der Waals surface area (Å²) in [5, 5.41) is 10.0. The van der Waals surface area contributed by atoms with Gasteiger partial charge in [-0.15, -0.1) is 0 Å². The zero-order valence-electron chi connectivity index (χ0n) is 23.2. The first-order valence-electron chi connectivity index (χ1n) is 14.0. The van der Waals surface area contributed by atoms with Gasteiger partial charge in [-0.25, -0.2) is 32.6 Å². The zero-order chi connectivity index (χ0) is 29.4. The van der Waals surface area contributed by atoms with Gasteiger partial charge in [0.1, 0.15) is 35.3 Å². The van der Waals surface area contributed by atoms with Gasteiger partial charge in [-0.1, -0.05) is 6.07 Å². The molecule has 4 aromatic rings. The number of nitrogens with one attached hydrogen (secondary N) is 2. The number of nitrogens with zero attached hydrogens (tertiary/aromatic N) is 6. The van der Waals surface area contributed by atoms with Crippen LogP contribution in [0.2, 0.25) is 0 Å². The Morgan fingerprint density at radius 1 is 0.881 bits per heavy atom. The smallest absolute Gasteiger partial charge is 0.323 e. The lowest BCUT2D eigenvalue weighted by atomic mass is 9.90. The second-order valence-corrected chi connectivity index (χ2v) is 11.0. The van der Waals surface area contributed by atoms with Crippen LogP contribution in [0, 0.1) is 17.5 Å². The molecule has 13 heteroatoms. The van der Waals surface area contributed by atoms with Crippen LogP contribution in [0.25, 0.3) is 22.3 Å². The van der Waals surface area contributed by atoms with Crippen molar-refractivity contribution in [2.24, 2.45) is 0 Å². The monoisotopic (exact) mass is 579 g/mol. The Hall–Kier alpha value is -4.23. The first kappa shape index (κ1) is 27.9. The van der Waals surface area contributed by atoms with Crippen molar-refractivity contribution in [1.29, 1.82) is 0 Å². The number of nitrogens with two attached hydrogens (primary N) is 1. The van der Waals surface area contributed by atoms with Crippen LogP contribution < -0.4 is 16.4 Å². The lowest BCUT2D eigenvalue weighted by molar-refractivity contribution is 0.0815. The Morgan fingerprint density at radius 3 is 2.19 bits per heavy atom. The van der Waals surface area contributed by atoms with Crippen LogP contribution in [0.1, 0.15) is 31.7 Å². The molecule has 2 aromatic carbocycles. The van der Waals surface area contributed by atoms with Crippen LogP contribution in [0.5, 0.6) is 0 Å². The molecule has 2 fully saturated rings. The van der Waals surface area contributed by atoms with Crippen LogP contribution >= 0.6 is 0 Å². The van der Waals surface area contributed by atoms with Gasteiger partial charge in [-0.2, -0.15) is 5.10 Å². The average molecular weight is 580 g/mol.